The van der Waals surface area contributed by atoms with Gasteiger partial charge in [-0.25, -0.2) is 9.59 Å². The van der Waals surface area contributed by atoms with Gasteiger partial charge in [0.2, 0.25) is 0 Å². The molecule has 0 saturated carbocycles. The zero-order valence-corrected chi connectivity index (χ0v) is 11.0. The van der Waals surface area contributed by atoms with Crippen LogP contribution in [0.15, 0.2) is 18.5 Å². The largest absolute Gasteiger partial charge is 0.478 e. The van der Waals surface area contributed by atoms with Crippen LogP contribution in [-0.4, -0.2) is 51.3 Å². The number of nitrogens with zero attached hydrogens (tertiary/aromatic N) is 2. The van der Waals surface area contributed by atoms with Gasteiger partial charge in [0.05, 0.1) is 29.6 Å². The zero-order chi connectivity index (χ0) is 14.6. The number of aromatic nitrogens is 1. The fourth-order valence-corrected chi connectivity index (χ4v) is 1.21. The van der Waals surface area contributed by atoms with Crippen LogP contribution in [0.4, 0.5) is 10.5 Å². The van der Waals surface area contributed by atoms with E-state index in [-0.39, 0.29) is 17.9 Å². The van der Waals surface area contributed by atoms with Gasteiger partial charge in [-0.05, 0) is 19.9 Å². The smallest absolute Gasteiger partial charge is 0.337 e. The summed E-state index contributed by atoms with van der Waals surface area (Å²) in [6, 6.07) is 0.857. The van der Waals surface area contributed by atoms with Crippen molar-refractivity contribution >= 4 is 17.7 Å². The maximum absolute atomic E-state index is 11.9. The first-order valence-corrected chi connectivity index (χ1v) is 5.62. The van der Waals surface area contributed by atoms with Crippen LogP contribution >= 0.6 is 0 Å². The van der Waals surface area contributed by atoms with E-state index in [1.165, 1.54) is 23.4 Å². The molecule has 0 bridgehead atoms. The lowest BCUT2D eigenvalue weighted by molar-refractivity contribution is 0.0696. The minimum atomic E-state index is -1.12. The van der Waals surface area contributed by atoms with E-state index >= 15 is 0 Å². The average molecular weight is 267 g/mol. The molecule has 1 rings (SSSR count). The molecule has 104 valence electrons. The molecule has 0 atom stereocenters. The number of carbonyl (C=O) groups is 2. The maximum atomic E-state index is 11.9. The number of anilines is 1. The van der Waals surface area contributed by atoms with Gasteiger partial charge in [0.1, 0.15) is 0 Å². The summed E-state index contributed by atoms with van der Waals surface area (Å²) in [4.78, 5) is 27.8. The number of aliphatic hydroxyl groups excluding tert-OH is 1. The summed E-state index contributed by atoms with van der Waals surface area (Å²) >= 11 is 0. The Balaban J connectivity index is 2.83. The van der Waals surface area contributed by atoms with Crippen molar-refractivity contribution in [2.75, 3.05) is 19.0 Å². The van der Waals surface area contributed by atoms with Gasteiger partial charge in [0.15, 0.2) is 0 Å². The highest BCUT2D eigenvalue weighted by atomic mass is 16.4. The molecule has 0 aliphatic heterocycles. The highest BCUT2D eigenvalue weighted by molar-refractivity contribution is 5.92. The normalized spacial score (nSPS) is 10.9. The number of aliphatic hydroxyl groups is 1. The van der Waals surface area contributed by atoms with Gasteiger partial charge >= 0.3 is 12.0 Å². The first-order chi connectivity index (χ1) is 8.77. The van der Waals surface area contributed by atoms with Gasteiger partial charge in [0, 0.05) is 13.2 Å². The second-order valence-corrected chi connectivity index (χ2v) is 4.73. The molecular weight excluding hydrogens is 250 g/mol. The van der Waals surface area contributed by atoms with Crippen molar-refractivity contribution < 1.29 is 19.8 Å². The van der Waals surface area contributed by atoms with E-state index in [1.807, 2.05) is 0 Å². The number of nitrogens with one attached hydrogen (secondary N) is 1. The SMILES string of the molecule is CN(C(=O)Nc1cncc(C(=O)O)c1)C(C)(C)CO. The minimum Gasteiger partial charge on any atom is -0.478 e. The summed E-state index contributed by atoms with van der Waals surface area (Å²) in [7, 11) is 1.54. The number of carbonyl (C=O) groups excluding carboxylic acids is 1. The van der Waals surface area contributed by atoms with Crippen molar-refractivity contribution in [1.29, 1.82) is 0 Å². The Morgan fingerprint density at radius 2 is 2.05 bits per heavy atom. The van der Waals surface area contributed by atoms with Crippen molar-refractivity contribution in [1.82, 2.24) is 9.88 Å². The number of pyridine rings is 1. The molecule has 0 aliphatic rings. The molecule has 0 saturated heterocycles. The van der Waals surface area contributed by atoms with Crippen LogP contribution in [-0.2, 0) is 0 Å². The van der Waals surface area contributed by atoms with Crippen molar-refractivity contribution in [3.05, 3.63) is 24.0 Å². The molecule has 2 amide bonds. The zero-order valence-electron chi connectivity index (χ0n) is 11.0. The molecule has 0 unspecified atom stereocenters. The molecule has 19 heavy (non-hydrogen) atoms. The topological polar surface area (TPSA) is 103 Å². The Bertz CT molecular complexity index is 488. The van der Waals surface area contributed by atoms with E-state index in [2.05, 4.69) is 10.3 Å². The average Bonchev–Trinajstić information content (AvgIpc) is 2.38. The summed E-state index contributed by atoms with van der Waals surface area (Å²) < 4.78 is 0. The molecule has 1 heterocycles. The number of carboxylic acid groups (broad SMARTS) is 1. The third kappa shape index (κ3) is 3.65. The summed E-state index contributed by atoms with van der Waals surface area (Å²) in [6.07, 6.45) is 2.55. The fourth-order valence-electron chi connectivity index (χ4n) is 1.21. The molecule has 0 radical (unpaired) electrons. The molecule has 3 N–H and O–H groups in total. The van der Waals surface area contributed by atoms with E-state index in [0.29, 0.717) is 0 Å². The number of hydrogen-bond acceptors (Lipinski definition) is 4. The van der Waals surface area contributed by atoms with Crippen LogP contribution in [0.3, 0.4) is 0 Å². The molecule has 0 fully saturated rings. The highest BCUT2D eigenvalue weighted by Gasteiger charge is 2.26. The molecular formula is C12H17N3O4. The Kier molecular flexibility index (Phi) is 4.44. The highest BCUT2D eigenvalue weighted by Crippen LogP contribution is 2.14. The lowest BCUT2D eigenvalue weighted by Crippen LogP contribution is -2.49. The van der Waals surface area contributed by atoms with Crippen LogP contribution in [0, 0.1) is 0 Å². The minimum absolute atomic E-state index is 0.0122. The van der Waals surface area contributed by atoms with E-state index in [1.54, 1.807) is 20.9 Å². The molecule has 7 nitrogen and oxygen atoms in total. The Morgan fingerprint density at radius 3 is 2.58 bits per heavy atom. The summed E-state index contributed by atoms with van der Waals surface area (Å²) in [5.41, 5.74) is -0.450. The van der Waals surface area contributed by atoms with Gasteiger partial charge < -0.3 is 20.4 Å². The number of carboxylic acids is 1. The van der Waals surface area contributed by atoms with E-state index < -0.39 is 17.5 Å². The molecule has 7 heteroatoms. The second-order valence-electron chi connectivity index (χ2n) is 4.73. The van der Waals surface area contributed by atoms with Crippen LogP contribution in [0.2, 0.25) is 0 Å². The Labute approximate surface area is 110 Å². The molecule has 0 spiro atoms. The van der Waals surface area contributed by atoms with Crippen LogP contribution in [0.5, 0.6) is 0 Å². The van der Waals surface area contributed by atoms with E-state index in [0.717, 1.165) is 0 Å². The van der Waals surface area contributed by atoms with Crippen molar-refractivity contribution in [2.45, 2.75) is 19.4 Å². The van der Waals surface area contributed by atoms with Crippen molar-refractivity contribution in [2.24, 2.45) is 0 Å². The first-order valence-electron chi connectivity index (χ1n) is 5.62. The Morgan fingerprint density at radius 1 is 1.42 bits per heavy atom. The van der Waals surface area contributed by atoms with Gasteiger partial charge in [-0.1, -0.05) is 0 Å². The quantitative estimate of drug-likeness (QED) is 0.755. The fraction of sp³-hybridized carbons (Fsp3) is 0.417. The van der Waals surface area contributed by atoms with Crippen molar-refractivity contribution in [3.63, 3.8) is 0 Å². The Hall–Kier alpha value is -2.15. The third-order valence-corrected chi connectivity index (χ3v) is 2.84. The van der Waals surface area contributed by atoms with Crippen LogP contribution in [0.25, 0.3) is 0 Å². The standard InChI is InChI=1S/C12H17N3O4/c1-12(2,7-16)15(3)11(19)14-9-4-8(10(17)18)5-13-6-9/h4-6,16H,7H2,1-3H3,(H,14,19)(H,17,18). The number of rotatable bonds is 4. The number of hydrogen-bond donors (Lipinski definition) is 3. The molecule has 0 aromatic carbocycles. The number of likely N-dealkylation sites (N-methyl/N-ethyl adjacent to an activating group) is 1. The number of aromatic carboxylic acids is 1. The lowest BCUT2D eigenvalue weighted by atomic mass is 10.1. The summed E-state index contributed by atoms with van der Waals surface area (Å²) in [5.74, 6) is -1.12. The first kappa shape index (κ1) is 14.9. The monoisotopic (exact) mass is 267 g/mol. The lowest BCUT2D eigenvalue weighted by Gasteiger charge is -2.33. The summed E-state index contributed by atoms with van der Waals surface area (Å²) in [5, 5.41) is 20.5. The van der Waals surface area contributed by atoms with Crippen molar-refractivity contribution in [3.8, 4) is 0 Å². The maximum Gasteiger partial charge on any atom is 0.337 e. The predicted molar refractivity (Wildman–Crippen MR) is 69.1 cm³/mol. The van der Waals surface area contributed by atoms with Crippen LogP contribution < -0.4 is 5.32 Å². The third-order valence-electron chi connectivity index (χ3n) is 2.84. The van der Waals surface area contributed by atoms with E-state index in [9.17, 15) is 14.7 Å². The summed E-state index contributed by atoms with van der Waals surface area (Å²) in [6.45, 7) is 3.22. The number of urea groups is 1. The van der Waals surface area contributed by atoms with Gasteiger partial charge in [-0.3, -0.25) is 4.98 Å². The number of amides is 2. The van der Waals surface area contributed by atoms with Gasteiger partial charge in [0.25, 0.3) is 0 Å². The molecule has 1 aromatic heterocycles. The van der Waals surface area contributed by atoms with Gasteiger partial charge in [-0.2, -0.15) is 0 Å². The predicted octanol–water partition coefficient (Wildman–Crippen LogP) is 1.01. The second kappa shape index (κ2) is 5.66. The molecule has 1 aromatic rings. The van der Waals surface area contributed by atoms with Gasteiger partial charge in [-0.15, -0.1) is 0 Å². The molecule has 0 aliphatic carbocycles. The van der Waals surface area contributed by atoms with Crippen LogP contribution in [0.1, 0.15) is 24.2 Å². The van der Waals surface area contributed by atoms with E-state index in [4.69, 9.17) is 5.11 Å².